The van der Waals surface area contributed by atoms with E-state index >= 15 is 0 Å². The molecule has 1 amide bonds. The summed E-state index contributed by atoms with van der Waals surface area (Å²) in [4.78, 5) is 12.2. The summed E-state index contributed by atoms with van der Waals surface area (Å²) in [6.45, 7) is 3.64. The molecular formula is C13H13ClN2O2. The monoisotopic (exact) mass is 264 g/mol. The molecule has 94 valence electrons. The Balaban J connectivity index is 2.28. The summed E-state index contributed by atoms with van der Waals surface area (Å²) in [5.74, 6) is 0.259. The van der Waals surface area contributed by atoms with Gasteiger partial charge in [0.05, 0.1) is 16.4 Å². The van der Waals surface area contributed by atoms with Crippen LogP contribution in [0.3, 0.4) is 0 Å². The van der Waals surface area contributed by atoms with Crippen LogP contribution in [-0.2, 0) is 6.42 Å². The van der Waals surface area contributed by atoms with Crippen molar-refractivity contribution in [2.45, 2.75) is 20.3 Å². The number of rotatable bonds is 3. The van der Waals surface area contributed by atoms with Crippen molar-refractivity contribution in [2.75, 3.05) is 5.32 Å². The first-order chi connectivity index (χ1) is 8.63. The number of hydrogen-bond acceptors (Lipinski definition) is 3. The fraction of sp³-hybridized carbons (Fsp3) is 0.231. The van der Waals surface area contributed by atoms with E-state index in [1.807, 2.05) is 13.0 Å². The van der Waals surface area contributed by atoms with Gasteiger partial charge in [0.25, 0.3) is 5.91 Å². The predicted octanol–water partition coefficient (Wildman–Crippen LogP) is 3.45. The van der Waals surface area contributed by atoms with E-state index in [1.165, 1.54) is 0 Å². The highest BCUT2D eigenvalue weighted by Gasteiger charge is 2.19. The molecule has 0 aliphatic carbocycles. The Morgan fingerprint density at radius 3 is 2.83 bits per heavy atom. The van der Waals surface area contributed by atoms with Gasteiger partial charge in [-0.1, -0.05) is 35.8 Å². The van der Waals surface area contributed by atoms with Crippen molar-refractivity contribution in [1.82, 2.24) is 5.16 Å². The average Bonchev–Trinajstić information content (AvgIpc) is 2.73. The second-order valence-electron chi connectivity index (χ2n) is 3.85. The Morgan fingerprint density at radius 2 is 2.17 bits per heavy atom. The van der Waals surface area contributed by atoms with Gasteiger partial charge >= 0.3 is 0 Å². The van der Waals surface area contributed by atoms with Gasteiger partial charge in [-0.2, -0.15) is 0 Å². The highest BCUT2D eigenvalue weighted by Crippen LogP contribution is 2.22. The molecule has 0 aliphatic heterocycles. The molecule has 0 radical (unpaired) electrons. The van der Waals surface area contributed by atoms with Crippen molar-refractivity contribution in [1.29, 1.82) is 0 Å². The van der Waals surface area contributed by atoms with E-state index in [0.29, 0.717) is 34.1 Å². The second kappa shape index (κ2) is 5.23. The molecule has 18 heavy (non-hydrogen) atoms. The third-order valence-electron chi connectivity index (χ3n) is 2.62. The second-order valence-corrected chi connectivity index (χ2v) is 4.26. The van der Waals surface area contributed by atoms with Crippen LogP contribution in [-0.4, -0.2) is 11.1 Å². The minimum Gasteiger partial charge on any atom is -0.361 e. The van der Waals surface area contributed by atoms with E-state index in [2.05, 4.69) is 10.5 Å². The zero-order chi connectivity index (χ0) is 13.1. The summed E-state index contributed by atoms with van der Waals surface area (Å²) in [7, 11) is 0. The third kappa shape index (κ3) is 2.38. The maximum absolute atomic E-state index is 12.2. The van der Waals surface area contributed by atoms with Crippen molar-refractivity contribution in [2.24, 2.45) is 0 Å². The number of aromatic nitrogens is 1. The van der Waals surface area contributed by atoms with Crippen LogP contribution in [0, 0.1) is 6.92 Å². The average molecular weight is 265 g/mol. The fourth-order valence-corrected chi connectivity index (χ4v) is 1.88. The first-order valence-corrected chi connectivity index (χ1v) is 6.02. The number of aryl methyl sites for hydroxylation is 2. The van der Waals surface area contributed by atoms with Gasteiger partial charge in [0, 0.05) is 0 Å². The molecule has 4 nitrogen and oxygen atoms in total. The highest BCUT2D eigenvalue weighted by atomic mass is 35.5. The molecule has 1 heterocycles. The lowest BCUT2D eigenvalue weighted by molar-refractivity contribution is 0.102. The Morgan fingerprint density at radius 1 is 1.44 bits per heavy atom. The maximum atomic E-state index is 12.2. The molecule has 0 unspecified atom stereocenters. The van der Waals surface area contributed by atoms with Gasteiger partial charge in [-0.3, -0.25) is 4.79 Å². The van der Waals surface area contributed by atoms with Crippen molar-refractivity contribution in [3.8, 4) is 0 Å². The van der Waals surface area contributed by atoms with Crippen LogP contribution < -0.4 is 5.32 Å². The van der Waals surface area contributed by atoms with E-state index in [1.54, 1.807) is 25.1 Å². The molecular weight excluding hydrogens is 252 g/mol. The molecule has 1 aromatic carbocycles. The standard InChI is InChI=1S/C13H13ClN2O2/c1-3-10-12(8(2)18-16-10)13(17)15-11-7-5-4-6-9(11)14/h4-7H,3H2,1-2H3,(H,15,17). The third-order valence-corrected chi connectivity index (χ3v) is 2.95. The first kappa shape index (κ1) is 12.6. The van der Waals surface area contributed by atoms with Gasteiger partial charge in [0.2, 0.25) is 0 Å². The van der Waals surface area contributed by atoms with Gasteiger partial charge in [-0.25, -0.2) is 0 Å². The summed E-state index contributed by atoms with van der Waals surface area (Å²) in [5.41, 5.74) is 1.71. The summed E-state index contributed by atoms with van der Waals surface area (Å²) in [6, 6.07) is 7.08. The van der Waals surface area contributed by atoms with E-state index in [4.69, 9.17) is 16.1 Å². The van der Waals surface area contributed by atoms with Gasteiger partial charge in [0.15, 0.2) is 0 Å². The van der Waals surface area contributed by atoms with Gasteiger partial charge < -0.3 is 9.84 Å². The van der Waals surface area contributed by atoms with Crippen molar-refractivity contribution in [3.63, 3.8) is 0 Å². The molecule has 0 saturated heterocycles. The number of amides is 1. The smallest absolute Gasteiger partial charge is 0.261 e. The number of anilines is 1. The number of para-hydroxylation sites is 1. The zero-order valence-electron chi connectivity index (χ0n) is 10.2. The summed E-state index contributed by atoms with van der Waals surface area (Å²) in [6.07, 6.45) is 0.641. The van der Waals surface area contributed by atoms with Crippen LogP contribution >= 0.6 is 11.6 Å². The largest absolute Gasteiger partial charge is 0.361 e. The lowest BCUT2D eigenvalue weighted by Crippen LogP contribution is -2.14. The molecule has 2 rings (SSSR count). The first-order valence-electron chi connectivity index (χ1n) is 5.64. The summed E-state index contributed by atoms with van der Waals surface area (Å²) in [5, 5.41) is 7.11. The molecule has 1 N–H and O–H groups in total. The Labute approximate surface area is 110 Å². The fourth-order valence-electron chi connectivity index (χ4n) is 1.70. The highest BCUT2D eigenvalue weighted by molar-refractivity contribution is 6.33. The van der Waals surface area contributed by atoms with E-state index in [-0.39, 0.29) is 5.91 Å². The van der Waals surface area contributed by atoms with Crippen molar-refractivity contribution in [3.05, 3.63) is 46.3 Å². The van der Waals surface area contributed by atoms with Crippen LogP contribution in [0.2, 0.25) is 5.02 Å². The Kier molecular flexibility index (Phi) is 3.67. The van der Waals surface area contributed by atoms with Crippen LogP contribution in [0.25, 0.3) is 0 Å². The molecule has 0 atom stereocenters. The molecule has 2 aromatic rings. The van der Waals surface area contributed by atoms with Gasteiger partial charge in [-0.15, -0.1) is 0 Å². The molecule has 5 heteroatoms. The quantitative estimate of drug-likeness (QED) is 0.924. The number of nitrogens with zero attached hydrogens (tertiary/aromatic N) is 1. The normalized spacial score (nSPS) is 10.4. The number of halogens is 1. The number of benzene rings is 1. The van der Waals surface area contributed by atoms with Crippen LogP contribution in [0.1, 0.15) is 28.7 Å². The Bertz CT molecular complexity index is 578. The SMILES string of the molecule is CCc1noc(C)c1C(=O)Nc1ccccc1Cl. The molecule has 0 saturated carbocycles. The number of carbonyl (C=O) groups is 1. The predicted molar refractivity (Wildman–Crippen MR) is 70.0 cm³/mol. The molecule has 0 fully saturated rings. The minimum absolute atomic E-state index is 0.251. The summed E-state index contributed by atoms with van der Waals surface area (Å²) >= 11 is 5.99. The topological polar surface area (TPSA) is 55.1 Å². The Hall–Kier alpha value is -1.81. The summed E-state index contributed by atoms with van der Waals surface area (Å²) < 4.78 is 5.03. The van der Waals surface area contributed by atoms with Gasteiger partial charge in [-0.05, 0) is 25.5 Å². The van der Waals surface area contributed by atoms with E-state index < -0.39 is 0 Å². The minimum atomic E-state index is -0.251. The van der Waals surface area contributed by atoms with Crippen LogP contribution in [0.5, 0.6) is 0 Å². The van der Waals surface area contributed by atoms with Crippen molar-refractivity contribution >= 4 is 23.2 Å². The van der Waals surface area contributed by atoms with E-state index in [0.717, 1.165) is 0 Å². The van der Waals surface area contributed by atoms with Crippen LogP contribution in [0.4, 0.5) is 5.69 Å². The van der Waals surface area contributed by atoms with Crippen LogP contribution in [0.15, 0.2) is 28.8 Å². The maximum Gasteiger partial charge on any atom is 0.261 e. The lowest BCUT2D eigenvalue weighted by Gasteiger charge is -2.06. The number of nitrogens with one attached hydrogen (secondary N) is 1. The molecule has 1 aromatic heterocycles. The lowest BCUT2D eigenvalue weighted by atomic mass is 10.1. The van der Waals surface area contributed by atoms with Gasteiger partial charge in [0.1, 0.15) is 11.3 Å². The molecule has 0 bridgehead atoms. The number of carbonyl (C=O) groups excluding carboxylic acids is 1. The zero-order valence-corrected chi connectivity index (χ0v) is 10.9. The molecule has 0 aliphatic rings. The van der Waals surface area contributed by atoms with Crippen molar-refractivity contribution < 1.29 is 9.32 Å². The molecule has 0 spiro atoms. The number of hydrogen-bond donors (Lipinski definition) is 1. The van der Waals surface area contributed by atoms with E-state index in [9.17, 15) is 4.79 Å².